The predicted octanol–water partition coefficient (Wildman–Crippen LogP) is 1.43. The molecule has 2 N–H and O–H groups in total. The Kier molecular flexibility index (Phi) is 6.72. The van der Waals surface area contributed by atoms with Crippen LogP contribution in [0.25, 0.3) is 0 Å². The van der Waals surface area contributed by atoms with Gasteiger partial charge < -0.3 is 19.8 Å². The SMILES string of the molecule is CN(C)CCOc1ccc(C(O)CCCO)cc1. The lowest BCUT2D eigenvalue weighted by molar-refractivity contribution is 0.151. The molecule has 0 amide bonds. The van der Waals surface area contributed by atoms with Crippen LogP contribution in [0.2, 0.25) is 0 Å². The van der Waals surface area contributed by atoms with Crippen LogP contribution in [-0.4, -0.2) is 49.0 Å². The number of hydrogen-bond acceptors (Lipinski definition) is 4. The molecule has 0 aliphatic rings. The molecule has 0 radical (unpaired) electrons. The molecule has 0 saturated carbocycles. The Morgan fingerprint density at radius 1 is 1.22 bits per heavy atom. The van der Waals surface area contributed by atoms with Crippen LogP contribution in [0.3, 0.4) is 0 Å². The van der Waals surface area contributed by atoms with Gasteiger partial charge in [0, 0.05) is 13.2 Å². The van der Waals surface area contributed by atoms with Crippen LogP contribution in [0.5, 0.6) is 5.75 Å². The van der Waals surface area contributed by atoms with Gasteiger partial charge in [-0.05, 0) is 44.6 Å². The Bertz CT molecular complexity index is 324. The van der Waals surface area contributed by atoms with Gasteiger partial charge in [0.05, 0.1) is 6.10 Å². The largest absolute Gasteiger partial charge is 0.492 e. The summed E-state index contributed by atoms with van der Waals surface area (Å²) in [6.45, 7) is 1.64. The van der Waals surface area contributed by atoms with E-state index in [1.165, 1.54) is 0 Å². The molecule has 0 aromatic heterocycles. The van der Waals surface area contributed by atoms with Gasteiger partial charge >= 0.3 is 0 Å². The first-order chi connectivity index (χ1) is 8.63. The number of aliphatic hydroxyl groups is 2. The predicted molar refractivity (Wildman–Crippen MR) is 71.8 cm³/mol. The molecule has 102 valence electrons. The fourth-order valence-electron chi connectivity index (χ4n) is 1.58. The lowest BCUT2D eigenvalue weighted by atomic mass is 10.1. The zero-order valence-corrected chi connectivity index (χ0v) is 11.2. The molecule has 0 fully saturated rings. The maximum absolute atomic E-state index is 9.83. The Labute approximate surface area is 109 Å². The second kappa shape index (κ2) is 8.08. The van der Waals surface area contributed by atoms with Crippen LogP contribution in [-0.2, 0) is 0 Å². The van der Waals surface area contributed by atoms with Gasteiger partial charge in [0.15, 0.2) is 0 Å². The average Bonchev–Trinajstić information content (AvgIpc) is 2.36. The summed E-state index contributed by atoms with van der Waals surface area (Å²) >= 11 is 0. The minimum Gasteiger partial charge on any atom is -0.492 e. The maximum atomic E-state index is 9.83. The Morgan fingerprint density at radius 2 is 1.89 bits per heavy atom. The third-order valence-electron chi connectivity index (χ3n) is 2.71. The lowest BCUT2D eigenvalue weighted by Crippen LogP contribution is -2.19. The van der Waals surface area contributed by atoms with Gasteiger partial charge in [0.2, 0.25) is 0 Å². The van der Waals surface area contributed by atoms with E-state index in [4.69, 9.17) is 9.84 Å². The smallest absolute Gasteiger partial charge is 0.119 e. The maximum Gasteiger partial charge on any atom is 0.119 e. The molecule has 0 bridgehead atoms. The summed E-state index contributed by atoms with van der Waals surface area (Å²) < 4.78 is 5.57. The normalized spacial score (nSPS) is 12.7. The van der Waals surface area contributed by atoms with E-state index in [1.807, 2.05) is 38.4 Å². The first-order valence-corrected chi connectivity index (χ1v) is 6.30. The summed E-state index contributed by atoms with van der Waals surface area (Å²) in [4.78, 5) is 2.06. The van der Waals surface area contributed by atoms with Crippen molar-refractivity contribution in [2.45, 2.75) is 18.9 Å². The molecule has 0 saturated heterocycles. The number of aliphatic hydroxyl groups excluding tert-OH is 2. The summed E-state index contributed by atoms with van der Waals surface area (Å²) in [7, 11) is 4.01. The van der Waals surface area contributed by atoms with Gasteiger partial charge in [-0.1, -0.05) is 12.1 Å². The highest BCUT2D eigenvalue weighted by atomic mass is 16.5. The van der Waals surface area contributed by atoms with E-state index in [-0.39, 0.29) is 6.61 Å². The molecule has 1 aromatic rings. The molecule has 1 unspecified atom stereocenters. The molecule has 1 aromatic carbocycles. The van der Waals surface area contributed by atoms with E-state index in [0.29, 0.717) is 19.4 Å². The Morgan fingerprint density at radius 3 is 2.44 bits per heavy atom. The van der Waals surface area contributed by atoms with Crippen molar-refractivity contribution >= 4 is 0 Å². The second-order valence-corrected chi connectivity index (χ2v) is 4.60. The first kappa shape index (κ1) is 15.0. The molecule has 1 rings (SSSR count). The number of nitrogens with zero attached hydrogens (tertiary/aromatic N) is 1. The first-order valence-electron chi connectivity index (χ1n) is 6.30. The molecule has 0 aliphatic carbocycles. The molecule has 0 aliphatic heterocycles. The molecule has 0 heterocycles. The van der Waals surface area contributed by atoms with Gasteiger partial charge in [0.25, 0.3) is 0 Å². The van der Waals surface area contributed by atoms with E-state index in [0.717, 1.165) is 17.9 Å². The van der Waals surface area contributed by atoms with E-state index < -0.39 is 6.10 Å². The Hall–Kier alpha value is -1.10. The van der Waals surface area contributed by atoms with E-state index in [9.17, 15) is 5.11 Å². The zero-order chi connectivity index (χ0) is 13.4. The summed E-state index contributed by atoms with van der Waals surface area (Å²) in [5, 5.41) is 18.5. The van der Waals surface area contributed by atoms with E-state index in [2.05, 4.69) is 4.90 Å². The molecule has 18 heavy (non-hydrogen) atoms. The minimum absolute atomic E-state index is 0.114. The summed E-state index contributed by atoms with van der Waals surface area (Å²) in [6, 6.07) is 7.47. The highest BCUT2D eigenvalue weighted by molar-refractivity contribution is 5.28. The van der Waals surface area contributed by atoms with Crippen LogP contribution in [0.1, 0.15) is 24.5 Å². The summed E-state index contributed by atoms with van der Waals surface area (Å²) in [5.74, 6) is 0.815. The summed E-state index contributed by atoms with van der Waals surface area (Å²) in [6.07, 6.45) is 0.688. The molecular formula is C14H23NO3. The van der Waals surface area contributed by atoms with Gasteiger partial charge in [-0.25, -0.2) is 0 Å². The van der Waals surface area contributed by atoms with Crippen molar-refractivity contribution < 1.29 is 14.9 Å². The number of likely N-dealkylation sites (N-methyl/N-ethyl adjacent to an activating group) is 1. The zero-order valence-electron chi connectivity index (χ0n) is 11.2. The molecule has 0 spiro atoms. The van der Waals surface area contributed by atoms with Crippen molar-refractivity contribution in [1.82, 2.24) is 4.90 Å². The van der Waals surface area contributed by atoms with Crippen LogP contribution >= 0.6 is 0 Å². The van der Waals surface area contributed by atoms with Crippen molar-refractivity contribution in [3.63, 3.8) is 0 Å². The number of hydrogen-bond donors (Lipinski definition) is 2. The van der Waals surface area contributed by atoms with Crippen molar-refractivity contribution in [2.24, 2.45) is 0 Å². The highest BCUT2D eigenvalue weighted by Gasteiger charge is 2.06. The molecule has 4 nitrogen and oxygen atoms in total. The second-order valence-electron chi connectivity index (χ2n) is 4.60. The van der Waals surface area contributed by atoms with Gasteiger partial charge in [-0.15, -0.1) is 0 Å². The van der Waals surface area contributed by atoms with E-state index >= 15 is 0 Å². The fraction of sp³-hybridized carbons (Fsp3) is 0.571. The minimum atomic E-state index is -0.507. The van der Waals surface area contributed by atoms with Crippen molar-refractivity contribution in [3.05, 3.63) is 29.8 Å². The summed E-state index contributed by atoms with van der Waals surface area (Å²) in [5.41, 5.74) is 0.864. The van der Waals surface area contributed by atoms with Crippen LogP contribution in [0.4, 0.5) is 0 Å². The van der Waals surface area contributed by atoms with Gasteiger partial charge in [0.1, 0.15) is 12.4 Å². The monoisotopic (exact) mass is 253 g/mol. The van der Waals surface area contributed by atoms with Gasteiger partial charge in [-0.2, -0.15) is 0 Å². The average molecular weight is 253 g/mol. The van der Waals surface area contributed by atoms with Crippen LogP contribution < -0.4 is 4.74 Å². The third kappa shape index (κ3) is 5.49. The highest BCUT2D eigenvalue weighted by Crippen LogP contribution is 2.21. The topological polar surface area (TPSA) is 52.9 Å². The quantitative estimate of drug-likeness (QED) is 0.736. The van der Waals surface area contributed by atoms with Gasteiger partial charge in [-0.3, -0.25) is 0 Å². The number of benzene rings is 1. The van der Waals surface area contributed by atoms with Crippen LogP contribution in [0, 0.1) is 0 Å². The number of ether oxygens (including phenoxy) is 1. The standard InChI is InChI=1S/C14H23NO3/c1-15(2)9-11-18-13-7-5-12(6-8-13)14(17)4-3-10-16/h5-8,14,16-17H,3-4,9-11H2,1-2H3. The Balaban J connectivity index is 2.41. The lowest BCUT2D eigenvalue weighted by Gasteiger charge is -2.13. The van der Waals surface area contributed by atoms with Crippen molar-refractivity contribution in [1.29, 1.82) is 0 Å². The van der Waals surface area contributed by atoms with Crippen molar-refractivity contribution in [3.8, 4) is 5.75 Å². The number of rotatable bonds is 8. The van der Waals surface area contributed by atoms with Crippen LogP contribution in [0.15, 0.2) is 24.3 Å². The van der Waals surface area contributed by atoms with Crippen molar-refractivity contribution in [2.75, 3.05) is 33.9 Å². The fourth-order valence-corrected chi connectivity index (χ4v) is 1.58. The third-order valence-corrected chi connectivity index (χ3v) is 2.71. The molecular weight excluding hydrogens is 230 g/mol. The van der Waals surface area contributed by atoms with E-state index in [1.54, 1.807) is 0 Å². The molecule has 1 atom stereocenters. The molecule has 4 heteroatoms.